The number of ether oxygens (including phenoxy) is 2. The molecule has 1 spiro atoms. The van der Waals surface area contributed by atoms with Gasteiger partial charge in [0, 0.05) is 24.3 Å². The fraction of sp³-hybridized carbons (Fsp3) is 0.250. The molecule has 0 bridgehead atoms. The van der Waals surface area contributed by atoms with Crippen molar-refractivity contribution in [3.8, 4) is 5.75 Å². The molecule has 12 heteroatoms. The van der Waals surface area contributed by atoms with Crippen LogP contribution in [-0.4, -0.2) is 59.6 Å². The molecule has 2 fully saturated rings. The summed E-state index contributed by atoms with van der Waals surface area (Å²) in [7, 11) is 0. The number of carbonyl (C=O) groups is 4. The summed E-state index contributed by atoms with van der Waals surface area (Å²) in [5, 5.41) is 18.3. The third-order valence-corrected chi connectivity index (χ3v) is 10.1. The van der Waals surface area contributed by atoms with E-state index in [1.54, 1.807) is 30.3 Å². The van der Waals surface area contributed by atoms with Gasteiger partial charge < -0.3 is 36.3 Å². The Morgan fingerprint density at radius 1 is 0.942 bits per heavy atom. The van der Waals surface area contributed by atoms with E-state index in [-0.39, 0.29) is 26.3 Å². The number of rotatable bonds is 11. The number of amides is 4. The number of carbonyl (C=O) groups excluding carboxylic acids is 4. The summed E-state index contributed by atoms with van der Waals surface area (Å²) in [6, 6.07) is 27.7. The Hall–Kier alpha value is -5.98. The number of nitrogens with two attached hydrogens (primary N) is 1. The number of aliphatic hydroxyl groups is 1. The molecule has 0 aliphatic carbocycles. The number of hydrogen-bond acceptors (Lipinski definition) is 8. The maximum atomic E-state index is 15.1. The van der Waals surface area contributed by atoms with Crippen LogP contribution >= 0.6 is 0 Å². The van der Waals surface area contributed by atoms with Gasteiger partial charge in [0.15, 0.2) is 0 Å². The lowest BCUT2D eigenvalue weighted by Crippen LogP contribution is -2.54. The number of morpholine rings is 1. The second-order valence-electron chi connectivity index (χ2n) is 13.0. The van der Waals surface area contributed by atoms with Gasteiger partial charge in [-0.05, 0) is 34.4 Å². The molecule has 4 amide bonds. The molecule has 4 aromatic carbocycles. The smallest absolute Gasteiger partial charge is 0.324 e. The van der Waals surface area contributed by atoms with Crippen molar-refractivity contribution < 1.29 is 33.8 Å². The van der Waals surface area contributed by atoms with Crippen LogP contribution in [-0.2, 0) is 31.1 Å². The molecule has 6 N–H and O–H groups in total. The first-order valence-electron chi connectivity index (χ1n) is 17.1. The normalized spacial score (nSPS) is 24.7. The number of fused-ring (bicyclic) bond motifs is 3. The number of para-hydroxylation sites is 1. The SMILES string of the molecule is C=CCNC(=O)[C@@H]1[C@H]2C(=O)O[C@H](c3ccccc3)[C@H](c3ccccc3)N2[C@H](c2ccccc2OCCO)[C@@]12C(=O)Nc1ccc(CNC(N)=O)cc12. The molecule has 3 aliphatic rings. The van der Waals surface area contributed by atoms with Crippen molar-refractivity contribution in [2.24, 2.45) is 11.7 Å². The van der Waals surface area contributed by atoms with Crippen molar-refractivity contribution in [1.82, 2.24) is 15.5 Å². The standard InChI is InChI=1S/C40H39N5O7/c1-2-19-42-36(47)31-33-37(48)52-34(26-13-7-4-8-14-26)32(25-11-5-3-6-12-25)45(33)35(27-15-9-10-16-30(27)51-21-20-46)40(31)28-22-24(23-43-39(41)50)17-18-29(28)44-38(40)49/h2-18,22,31-35,46H,1,19-21,23H2,(H,42,47)(H,44,49)(H3,41,43,50)/t31-,32-,33-,34+,35+,40-/m0/s1. The Balaban J connectivity index is 1.57. The number of cyclic esters (lactones) is 1. The summed E-state index contributed by atoms with van der Waals surface area (Å²) in [6.45, 7) is 3.60. The van der Waals surface area contributed by atoms with Crippen LogP contribution in [0.1, 0.15) is 46.0 Å². The fourth-order valence-electron chi connectivity index (χ4n) is 8.19. The third-order valence-electron chi connectivity index (χ3n) is 10.1. The van der Waals surface area contributed by atoms with Crippen LogP contribution < -0.4 is 26.4 Å². The highest BCUT2D eigenvalue weighted by Crippen LogP contribution is 2.65. The summed E-state index contributed by atoms with van der Waals surface area (Å²) in [5.41, 5.74) is 7.27. The lowest BCUT2D eigenvalue weighted by molar-refractivity contribution is -0.178. The van der Waals surface area contributed by atoms with E-state index < -0.39 is 59.4 Å². The summed E-state index contributed by atoms with van der Waals surface area (Å²) < 4.78 is 12.5. The molecule has 7 rings (SSSR count). The molecule has 0 unspecified atom stereocenters. The maximum absolute atomic E-state index is 15.1. The quantitative estimate of drug-likeness (QED) is 0.116. The highest BCUT2D eigenvalue weighted by atomic mass is 16.6. The van der Waals surface area contributed by atoms with E-state index in [1.807, 2.05) is 77.7 Å². The summed E-state index contributed by atoms with van der Waals surface area (Å²) >= 11 is 0. The zero-order valence-corrected chi connectivity index (χ0v) is 28.2. The molecular formula is C40H39N5O7. The minimum atomic E-state index is -1.75. The first-order valence-corrected chi connectivity index (χ1v) is 17.1. The van der Waals surface area contributed by atoms with Crippen molar-refractivity contribution in [1.29, 1.82) is 0 Å². The zero-order valence-electron chi connectivity index (χ0n) is 28.2. The van der Waals surface area contributed by atoms with E-state index in [0.29, 0.717) is 28.1 Å². The average Bonchev–Trinajstić information content (AvgIpc) is 3.64. The molecule has 4 aromatic rings. The van der Waals surface area contributed by atoms with Crippen LogP contribution in [0.25, 0.3) is 0 Å². The van der Waals surface area contributed by atoms with E-state index >= 15 is 4.79 Å². The van der Waals surface area contributed by atoms with Crippen LogP contribution in [0, 0.1) is 5.92 Å². The van der Waals surface area contributed by atoms with Crippen molar-refractivity contribution in [2.45, 2.75) is 36.2 Å². The minimum absolute atomic E-state index is 0.0358. The molecule has 12 nitrogen and oxygen atoms in total. The Morgan fingerprint density at radius 3 is 2.33 bits per heavy atom. The molecule has 0 radical (unpaired) electrons. The van der Waals surface area contributed by atoms with Crippen LogP contribution in [0.3, 0.4) is 0 Å². The Kier molecular flexibility index (Phi) is 9.50. The number of esters is 1. The minimum Gasteiger partial charge on any atom is -0.491 e. The molecule has 2 saturated heterocycles. The van der Waals surface area contributed by atoms with Gasteiger partial charge in [-0.1, -0.05) is 97.1 Å². The Bertz CT molecular complexity index is 2010. The van der Waals surface area contributed by atoms with E-state index in [4.69, 9.17) is 15.2 Å². The van der Waals surface area contributed by atoms with Crippen molar-refractivity contribution in [2.75, 3.05) is 25.1 Å². The second-order valence-corrected chi connectivity index (χ2v) is 13.0. The van der Waals surface area contributed by atoms with Gasteiger partial charge in [0.25, 0.3) is 0 Å². The molecule has 6 atom stereocenters. The predicted molar refractivity (Wildman–Crippen MR) is 192 cm³/mol. The molecule has 266 valence electrons. The summed E-state index contributed by atoms with van der Waals surface area (Å²) in [6.07, 6.45) is 0.697. The Labute approximate surface area is 300 Å². The van der Waals surface area contributed by atoms with E-state index in [1.165, 1.54) is 6.08 Å². The molecule has 0 saturated carbocycles. The van der Waals surface area contributed by atoms with Gasteiger partial charge in [0.05, 0.1) is 24.6 Å². The Morgan fingerprint density at radius 2 is 1.63 bits per heavy atom. The number of benzene rings is 4. The molecule has 52 heavy (non-hydrogen) atoms. The highest BCUT2D eigenvalue weighted by molar-refractivity contribution is 6.12. The summed E-state index contributed by atoms with van der Waals surface area (Å²) in [5.74, 6) is -2.64. The van der Waals surface area contributed by atoms with Crippen LogP contribution in [0.5, 0.6) is 5.75 Å². The number of nitrogens with zero attached hydrogens (tertiary/aromatic N) is 1. The maximum Gasteiger partial charge on any atom is 0.324 e. The van der Waals surface area contributed by atoms with Gasteiger partial charge >= 0.3 is 12.0 Å². The van der Waals surface area contributed by atoms with Crippen LogP contribution in [0.4, 0.5) is 10.5 Å². The number of hydrogen-bond donors (Lipinski definition) is 5. The van der Waals surface area contributed by atoms with E-state index in [0.717, 1.165) is 11.1 Å². The van der Waals surface area contributed by atoms with Gasteiger partial charge in [0.2, 0.25) is 11.8 Å². The molecule has 0 aromatic heterocycles. The lowest BCUT2D eigenvalue weighted by atomic mass is 9.65. The fourth-order valence-corrected chi connectivity index (χ4v) is 8.19. The number of primary amides is 1. The molecule has 3 heterocycles. The lowest BCUT2D eigenvalue weighted by Gasteiger charge is -2.46. The zero-order chi connectivity index (χ0) is 36.4. The first-order chi connectivity index (χ1) is 25.3. The van der Waals surface area contributed by atoms with Gasteiger partial charge in [0.1, 0.15) is 29.9 Å². The number of nitrogens with one attached hydrogen (secondary N) is 3. The topological polar surface area (TPSA) is 172 Å². The second kappa shape index (κ2) is 14.3. The van der Waals surface area contributed by atoms with Crippen LogP contribution in [0.15, 0.2) is 116 Å². The van der Waals surface area contributed by atoms with Gasteiger partial charge in [-0.15, -0.1) is 6.58 Å². The number of anilines is 1. The molecule has 3 aliphatic heterocycles. The van der Waals surface area contributed by atoms with Crippen molar-refractivity contribution >= 4 is 29.5 Å². The predicted octanol–water partition coefficient (Wildman–Crippen LogP) is 3.80. The average molecular weight is 702 g/mol. The van der Waals surface area contributed by atoms with Crippen LogP contribution in [0.2, 0.25) is 0 Å². The van der Waals surface area contributed by atoms with Gasteiger partial charge in [-0.2, -0.15) is 0 Å². The van der Waals surface area contributed by atoms with Crippen molar-refractivity contribution in [3.63, 3.8) is 0 Å². The monoisotopic (exact) mass is 701 g/mol. The first kappa shape index (κ1) is 34.5. The van der Waals surface area contributed by atoms with E-state index in [9.17, 15) is 19.5 Å². The van der Waals surface area contributed by atoms with E-state index in [2.05, 4.69) is 22.5 Å². The molecular weight excluding hydrogens is 662 g/mol. The third kappa shape index (κ3) is 5.75. The summed E-state index contributed by atoms with van der Waals surface area (Å²) in [4.78, 5) is 58.3. The highest BCUT2D eigenvalue weighted by Gasteiger charge is 2.74. The van der Waals surface area contributed by atoms with Crippen molar-refractivity contribution in [3.05, 3.63) is 144 Å². The number of aliphatic hydroxyl groups excluding tert-OH is 1. The largest absolute Gasteiger partial charge is 0.491 e. The van der Waals surface area contributed by atoms with Gasteiger partial charge in [-0.3, -0.25) is 19.3 Å². The van der Waals surface area contributed by atoms with Gasteiger partial charge in [-0.25, -0.2) is 4.79 Å². The number of urea groups is 1.